The fourth-order valence-electron chi connectivity index (χ4n) is 5.83. The predicted octanol–water partition coefficient (Wildman–Crippen LogP) is 9.35. The molecule has 0 aliphatic heterocycles. The zero-order valence-electron chi connectivity index (χ0n) is 33.5. The van der Waals surface area contributed by atoms with Gasteiger partial charge >= 0.3 is 11.9 Å². The van der Waals surface area contributed by atoms with Gasteiger partial charge in [-0.1, -0.05) is 134 Å². The van der Waals surface area contributed by atoms with Crippen LogP contribution in [0.3, 0.4) is 0 Å². The van der Waals surface area contributed by atoms with Crippen molar-refractivity contribution < 1.29 is 38.2 Å². The zero-order valence-corrected chi connectivity index (χ0v) is 33.5. The Morgan fingerprint density at radius 3 is 1.69 bits per heavy atom. The maximum absolute atomic E-state index is 12.6. The molecule has 0 aromatic rings. The van der Waals surface area contributed by atoms with Crippen LogP contribution in [0.15, 0.2) is 36.5 Å². The third-order valence-electron chi connectivity index (χ3n) is 9.02. The van der Waals surface area contributed by atoms with Gasteiger partial charge in [-0.2, -0.15) is 0 Å². The van der Waals surface area contributed by atoms with E-state index in [4.69, 9.17) is 14.2 Å². The summed E-state index contributed by atoms with van der Waals surface area (Å²) in [7, 11) is 5.38. The lowest BCUT2D eigenvalue weighted by molar-refractivity contribution is -0.889. The van der Waals surface area contributed by atoms with Gasteiger partial charge in [0.15, 0.2) is 6.10 Å². The van der Waals surface area contributed by atoms with E-state index in [1.807, 2.05) is 12.2 Å². The summed E-state index contributed by atoms with van der Waals surface area (Å²) in [6.07, 6.45) is 37.9. The van der Waals surface area contributed by atoms with E-state index in [2.05, 4.69) is 38.2 Å². The molecule has 0 N–H and O–H groups in total. The highest BCUT2D eigenvalue weighted by Crippen LogP contribution is 2.14. The Balaban J connectivity index is 4.26. The predicted molar refractivity (Wildman–Crippen MR) is 208 cm³/mol. The first-order valence-electron chi connectivity index (χ1n) is 20.5. The second-order valence-electron chi connectivity index (χ2n) is 14.8. The van der Waals surface area contributed by atoms with E-state index in [0.717, 1.165) is 32.1 Å². The maximum atomic E-state index is 12.6. The average Bonchev–Trinajstić information content (AvgIpc) is 3.08. The number of carboxylic acid groups (broad SMARTS) is 1. The largest absolute Gasteiger partial charge is 0.544 e. The Morgan fingerprint density at radius 1 is 0.608 bits per heavy atom. The van der Waals surface area contributed by atoms with Crippen molar-refractivity contribution in [3.8, 4) is 0 Å². The van der Waals surface area contributed by atoms with Crippen LogP contribution in [0.4, 0.5) is 0 Å². The van der Waals surface area contributed by atoms with Crippen molar-refractivity contribution in [1.82, 2.24) is 0 Å². The summed E-state index contributed by atoms with van der Waals surface area (Å²) in [5, 5.41) is 11.6. The van der Waals surface area contributed by atoms with Gasteiger partial charge in [-0.3, -0.25) is 9.59 Å². The van der Waals surface area contributed by atoms with Gasteiger partial charge in [0.05, 0.1) is 40.3 Å². The number of carbonyl (C=O) groups excluding carboxylic acids is 3. The van der Waals surface area contributed by atoms with Crippen LogP contribution in [0, 0.1) is 0 Å². The van der Waals surface area contributed by atoms with Crippen molar-refractivity contribution in [3.63, 3.8) is 0 Å². The van der Waals surface area contributed by atoms with Crippen molar-refractivity contribution in [1.29, 1.82) is 0 Å². The number of likely N-dealkylation sites (N-methyl/N-ethyl adjacent to an activating group) is 1. The molecule has 8 heteroatoms. The van der Waals surface area contributed by atoms with Crippen LogP contribution in [0.2, 0.25) is 0 Å². The first kappa shape index (κ1) is 48.5. The highest BCUT2D eigenvalue weighted by atomic mass is 16.6. The van der Waals surface area contributed by atoms with Gasteiger partial charge < -0.3 is 28.6 Å². The number of nitrogens with zero attached hydrogens (tertiary/aromatic N) is 1. The lowest BCUT2D eigenvalue weighted by Gasteiger charge is -2.34. The van der Waals surface area contributed by atoms with Crippen LogP contribution < -0.4 is 5.11 Å². The van der Waals surface area contributed by atoms with Crippen molar-refractivity contribution in [2.75, 3.05) is 41.0 Å². The topological polar surface area (TPSA) is 102 Å². The third-order valence-corrected chi connectivity index (χ3v) is 9.02. The molecule has 2 atom stereocenters. The zero-order chi connectivity index (χ0) is 37.8. The van der Waals surface area contributed by atoms with Crippen LogP contribution in [-0.2, 0) is 28.6 Å². The molecule has 0 bridgehead atoms. The molecule has 0 fully saturated rings. The number of esters is 2. The number of aliphatic carboxylic acids is 1. The van der Waals surface area contributed by atoms with Crippen molar-refractivity contribution in [3.05, 3.63) is 36.5 Å². The molecule has 51 heavy (non-hydrogen) atoms. The summed E-state index contributed by atoms with van der Waals surface area (Å²) < 4.78 is 17.0. The summed E-state index contributed by atoms with van der Waals surface area (Å²) in [5.74, 6) is -1.83. The van der Waals surface area contributed by atoms with Crippen LogP contribution in [0.1, 0.15) is 168 Å². The van der Waals surface area contributed by atoms with Gasteiger partial charge in [-0.25, -0.2) is 0 Å². The Labute approximate surface area is 313 Å². The second-order valence-corrected chi connectivity index (χ2v) is 14.8. The Bertz CT molecular complexity index is 937. The molecule has 8 nitrogen and oxygen atoms in total. The quantitative estimate of drug-likeness (QED) is 0.0275. The van der Waals surface area contributed by atoms with Crippen molar-refractivity contribution >= 4 is 17.9 Å². The first-order chi connectivity index (χ1) is 24.6. The monoisotopic (exact) mass is 720 g/mol. The van der Waals surface area contributed by atoms with Gasteiger partial charge in [-0.05, 0) is 51.4 Å². The lowest BCUT2D eigenvalue weighted by atomic mass is 10.1. The normalized spacial score (nSPS) is 13.4. The summed E-state index contributed by atoms with van der Waals surface area (Å²) in [6, 6.07) is -0.731. The molecule has 0 aromatic heterocycles. The first-order valence-corrected chi connectivity index (χ1v) is 20.5. The van der Waals surface area contributed by atoms with Crippen LogP contribution >= 0.6 is 0 Å². The fourth-order valence-corrected chi connectivity index (χ4v) is 5.83. The minimum Gasteiger partial charge on any atom is -0.544 e. The van der Waals surface area contributed by atoms with Gasteiger partial charge in [0.2, 0.25) is 0 Å². The summed E-state index contributed by atoms with van der Waals surface area (Å²) in [6.45, 7) is 4.44. The second kappa shape index (κ2) is 34.6. The highest BCUT2D eigenvalue weighted by Gasteiger charge is 2.25. The SMILES string of the molecule is CC/C=C/C/C=C/CCC(=O)OCC(COCCC(C(=O)[O-])[N+](C)(C)C)OC(=O)CCCCCCCCC/C=C/CCCCCCCCCCC. The number of quaternary nitrogens is 1. The number of rotatable bonds is 36. The van der Waals surface area contributed by atoms with Crippen LogP contribution in [-0.4, -0.2) is 75.5 Å². The fraction of sp³-hybridized carbons (Fsp3) is 0.791. The Morgan fingerprint density at radius 2 is 1.14 bits per heavy atom. The molecule has 0 heterocycles. The van der Waals surface area contributed by atoms with Gasteiger partial charge in [0.25, 0.3) is 0 Å². The minimum absolute atomic E-state index is 0.0219. The molecular formula is C43H77NO7. The molecule has 0 radical (unpaired) electrons. The number of hydrogen-bond donors (Lipinski definition) is 0. The molecule has 0 amide bonds. The molecule has 0 aliphatic rings. The molecule has 0 rings (SSSR count). The number of unbranched alkanes of at least 4 members (excludes halogenated alkanes) is 16. The van der Waals surface area contributed by atoms with E-state index in [-0.39, 0.29) is 49.1 Å². The van der Waals surface area contributed by atoms with E-state index in [1.54, 1.807) is 21.1 Å². The summed E-state index contributed by atoms with van der Waals surface area (Å²) in [5.41, 5.74) is 0. The molecule has 0 saturated heterocycles. The summed E-state index contributed by atoms with van der Waals surface area (Å²) >= 11 is 0. The number of carbonyl (C=O) groups is 3. The number of allylic oxidation sites excluding steroid dienone is 6. The molecule has 296 valence electrons. The smallest absolute Gasteiger partial charge is 0.306 e. The maximum Gasteiger partial charge on any atom is 0.306 e. The van der Waals surface area contributed by atoms with E-state index < -0.39 is 18.1 Å². The summed E-state index contributed by atoms with van der Waals surface area (Å²) in [4.78, 5) is 36.5. The Kier molecular flexibility index (Phi) is 33.0. The van der Waals surface area contributed by atoms with Gasteiger partial charge in [0, 0.05) is 19.3 Å². The van der Waals surface area contributed by atoms with E-state index >= 15 is 0 Å². The lowest BCUT2D eigenvalue weighted by Crippen LogP contribution is -2.55. The number of hydrogen-bond acceptors (Lipinski definition) is 7. The molecule has 0 aliphatic carbocycles. The minimum atomic E-state index is -1.13. The van der Waals surface area contributed by atoms with Crippen LogP contribution in [0.25, 0.3) is 0 Å². The molecule has 0 saturated carbocycles. The van der Waals surface area contributed by atoms with E-state index in [1.165, 1.54) is 96.3 Å². The van der Waals surface area contributed by atoms with E-state index in [9.17, 15) is 19.5 Å². The molecule has 2 unspecified atom stereocenters. The van der Waals surface area contributed by atoms with Crippen LogP contribution in [0.5, 0.6) is 0 Å². The molecule has 0 aromatic carbocycles. The number of ether oxygens (including phenoxy) is 3. The Hall–Kier alpha value is -2.45. The van der Waals surface area contributed by atoms with E-state index in [0.29, 0.717) is 12.8 Å². The molecule has 0 spiro atoms. The standard InChI is InChI=1S/C43H77NO7/c1-6-8-10-12-14-15-16-17-18-19-20-21-22-23-24-25-26-28-30-32-34-42(46)51-39(37-49-36-35-40(43(47)48)44(3,4)5)38-50-41(45)33-31-29-27-13-11-9-7-2/h9,11,20-21,27,29,39-40H,6-8,10,12-19,22-26,28,30-38H2,1-5H3/b11-9+,21-20+,29-27+. The van der Waals surface area contributed by atoms with Crippen molar-refractivity contribution in [2.24, 2.45) is 0 Å². The highest BCUT2D eigenvalue weighted by molar-refractivity contribution is 5.70. The third kappa shape index (κ3) is 33.2. The number of carboxylic acids is 1. The molecular weight excluding hydrogens is 642 g/mol. The van der Waals surface area contributed by atoms with Gasteiger partial charge in [0.1, 0.15) is 12.6 Å². The van der Waals surface area contributed by atoms with Crippen molar-refractivity contribution in [2.45, 2.75) is 180 Å². The average molecular weight is 720 g/mol. The van der Waals surface area contributed by atoms with Gasteiger partial charge in [-0.15, -0.1) is 0 Å².